The van der Waals surface area contributed by atoms with Gasteiger partial charge in [-0.1, -0.05) is 6.42 Å². The summed E-state index contributed by atoms with van der Waals surface area (Å²) in [4.78, 5) is 30.9. The van der Waals surface area contributed by atoms with Crippen molar-refractivity contribution >= 4 is 45.8 Å². The minimum absolute atomic E-state index is 0.141. The van der Waals surface area contributed by atoms with Crippen LogP contribution in [0.15, 0.2) is 28.3 Å². The number of carbonyl (C=O) groups excluding carboxylic acids is 2. The highest BCUT2D eigenvalue weighted by Crippen LogP contribution is 2.29. The van der Waals surface area contributed by atoms with Gasteiger partial charge in [0.15, 0.2) is 0 Å². The average Bonchev–Trinajstić information content (AvgIpc) is 3.39. The number of thiazole rings is 1. The van der Waals surface area contributed by atoms with E-state index in [1.165, 1.54) is 41.0 Å². The van der Waals surface area contributed by atoms with Crippen LogP contribution in [0.5, 0.6) is 0 Å². The number of thiophene rings is 2. The van der Waals surface area contributed by atoms with E-state index in [-0.39, 0.29) is 18.2 Å². The lowest BCUT2D eigenvalue weighted by molar-refractivity contribution is -0.121. The SMILES string of the molecule is O=C(Cc1csc(-c2ccsc2)n1)NNC(=O)c1cc2c(s1)CCCCC2. The molecule has 4 rings (SSSR count). The molecule has 0 bridgehead atoms. The highest BCUT2D eigenvalue weighted by molar-refractivity contribution is 7.14. The number of aromatic nitrogens is 1. The molecular weight excluding hydrogens is 398 g/mol. The van der Waals surface area contributed by atoms with E-state index >= 15 is 0 Å². The average molecular weight is 418 g/mol. The van der Waals surface area contributed by atoms with Gasteiger partial charge in [0, 0.05) is 21.2 Å². The van der Waals surface area contributed by atoms with Crippen LogP contribution in [0.2, 0.25) is 0 Å². The van der Waals surface area contributed by atoms with Crippen LogP contribution >= 0.6 is 34.0 Å². The normalized spacial score (nSPS) is 13.6. The molecule has 0 atom stereocenters. The minimum atomic E-state index is -0.274. The van der Waals surface area contributed by atoms with Crippen LogP contribution in [0.25, 0.3) is 10.6 Å². The van der Waals surface area contributed by atoms with Gasteiger partial charge in [0.05, 0.1) is 17.0 Å². The predicted octanol–water partition coefficient (Wildman–Crippen LogP) is 4.21. The van der Waals surface area contributed by atoms with Gasteiger partial charge in [0.25, 0.3) is 5.91 Å². The molecule has 0 saturated heterocycles. The van der Waals surface area contributed by atoms with Crippen LogP contribution in [0.3, 0.4) is 0 Å². The fourth-order valence-corrected chi connectivity index (χ4v) is 5.76. The van der Waals surface area contributed by atoms with E-state index in [1.807, 2.05) is 28.3 Å². The first kappa shape index (κ1) is 18.3. The highest BCUT2D eigenvalue weighted by Gasteiger charge is 2.17. The molecule has 0 aliphatic heterocycles. The second-order valence-corrected chi connectivity index (χ2v) is 9.23. The number of hydrogen-bond donors (Lipinski definition) is 2. The van der Waals surface area contributed by atoms with Crippen LogP contribution < -0.4 is 10.9 Å². The van der Waals surface area contributed by atoms with Crippen molar-refractivity contribution in [3.8, 4) is 10.6 Å². The van der Waals surface area contributed by atoms with Crippen molar-refractivity contribution in [3.63, 3.8) is 0 Å². The lowest BCUT2D eigenvalue weighted by Gasteiger charge is -2.05. The maximum absolute atomic E-state index is 12.3. The third-order valence-corrected chi connectivity index (χ3v) is 7.31. The smallest absolute Gasteiger partial charge is 0.273 e. The first-order valence-electron chi connectivity index (χ1n) is 8.87. The van der Waals surface area contributed by atoms with Gasteiger partial charge < -0.3 is 0 Å². The lowest BCUT2D eigenvalue weighted by Crippen LogP contribution is -2.42. The largest absolute Gasteiger partial charge is 0.279 e. The van der Waals surface area contributed by atoms with Crippen LogP contribution in [0, 0.1) is 0 Å². The first-order chi connectivity index (χ1) is 13.2. The van der Waals surface area contributed by atoms with Crippen molar-refractivity contribution in [1.29, 1.82) is 0 Å². The molecule has 0 saturated carbocycles. The number of aryl methyl sites for hydroxylation is 2. The van der Waals surface area contributed by atoms with Gasteiger partial charge in [-0.05, 0) is 48.8 Å². The molecule has 3 aromatic heterocycles. The molecule has 0 spiro atoms. The van der Waals surface area contributed by atoms with Crippen molar-refractivity contribution in [2.45, 2.75) is 38.5 Å². The standard InChI is InChI=1S/C19H19N3O2S3/c23-17(9-14-11-26-19(20-14)13-6-7-25-10-13)21-22-18(24)16-8-12-4-2-1-3-5-15(12)27-16/h6-8,10-11H,1-5,9H2,(H,21,23)(H,22,24). The maximum Gasteiger partial charge on any atom is 0.279 e. The van der Waals surface area contributed by atoms with E-state index in [1.54, 1.807) is 22.7 Å². The third-order valence-electron chi connectivity index (χ3n) is 4.45. The summed E-state index contributed by atoms with van der Waals surface area (Å²) < 4.78 is 0. The Balaban J connectivity index is 1.31. The number of carbonyl (C=O) groups is 2. The Kier molecular flexibility index (Phi) is 5.66. The highest BCUT2D eigenvalue weighted by atomic mass is 32.1. The Bertz CT molecular complexity index is 920. The molecule has 3 aromatic rings. The molecule has 2 N–H and O–H groups in total. The molecule has 0 fully saturated rings. The maximum atomic E-state index is 12.3. The molecule has 140 valence electrons. The molecular formula is C19H19N3O2S3. The number of hydrazine groups is 1. The van der Waals surface area contributed by atoms with Gasteiger partial charge in [-0.15, -0.1) is 22.7 Å². The van der Waals surface area contributed by atoms with Crippen molar-refractivity contribution < 1.29 is 9.59 Å². The fourth-order valence-electron chi connectivity index (χ4n) is 3.08. The second kappa shape index (κ2) is 8.33. The minimum Gasteiger partial charge on any atom is -0.273 e. The van der Waals surface area contributed by atoms with Gasteiger partial charge >= 0.3 is 0 Å². The first-order valence-corrected chi connectivity index (χ1v) is 11.5. The molecule has 0 aromatic carbocycles. The second-order valence-electron chi connectivity index (χ2n) is 6.45. The summed E-state index contributed by atoms with van der Waals surface area (Å²) in [5.41, 5.74) is 8.09. The molecule has 3 heterocycles. The van der Waals surface area contributed by atoms with Gasteiger partial charge in [-0.3, -0.25) is 20.4 Å². The number of hydrogen-bond acceptors (Lipinski definition) is 6. The summed E-state index contributed by atoms with van der Waals surface area (Å²) in [6.45, 7) is 0. The van der Waals surface area contributed by atoms with E-state index < -0.39 is 0 Å². The summed E-state index contributed by atoms with van der Waals surface area (Å²) in [7, 11) is 0. The van der Waals surface area contributed by atoms with E-state index in [9.17, 15) is 9.59 Å². The summed E-state index contributed by atoms with van der Waals surface area (Å²) in [5, 5.41) is 6.82. The quantitative estimate of drug-likeness (QED) is 0.494. The zero-order valence-corrected chi connectivity index (χ0v) is 17.1. The van der Waals surface area contributed by atoms with Gasteiger partial charge in [0.1, 0.15) is 5.01 Å². The van der Waals surface area contributed by atoms with Crippen molar-refractivity contribution in [1.82, 2.24) is 15.8 Å². The van der Waals surface area contributed by atoms with Gasteiger partial charge in [-0.25, -0.2) is 4.98 Å². The number of fused-ring (bicyclic) bond motifs is 1. The molecule has 0 radical (unpaired) electrons. The zero-order valence-electron chi connectivity index (χ0n) is 14.6. The fraction of sp³-hybridized carbons (Fsp3) is 0.316. The number of amides is 2. The van der Waals surface area contributed by atoms with E-state index in [0.717, 1.165) is 23.4 Å². The molecule has 5 nitrogen and oxygen atoms in total. The Hall–Kier alpha value is -2.03. The summed E-state index contributed by atoms with van der Waals surface area (Å²) in [6, 6.07) is 3.98. The van der Waals surface area contributed by atoms with E-state index in [2.05, 4.69) is 15.8 Å². The van der Waals surface area contributed by atoms with Crippen LogP contribution in [0.1, 0.15) is 45.1 Å². The summed E-state index contributed by atoms with van der Waals surface area (Å²) in [6.07, 6.45) is 5.86. The van der Waals surface area contributed by atoms with Crippen LogP contribution in [-0.2, 0) is 24.1 Å². The van der Waals surface area contributed by atoms with Crippen molar-refractivity contribution in [2.75, 3.05) is 0 Å². The monoisotopic (exact) mass is 417 g/mol. The van der Waals surface area contributed by atoms with E-state index in [4.69, 9.17) is 0 Å². The molecule has 2 amide bonds. The zero-order chi connectivity index (χ0) is 18.6. The molecule has 1 aliphatic rings. The van der Waals surface area contributed by atoms with Gasteiger partial charge in [0.2, 0.25) is 5.91 Å². The van der Waals surface area contributed by atoms with Crippen molar-refractivity contribution in [3.05, 3.63) is 49.3 Å². The van der Waals surface area contributed by atoms with E-state index in [0.29, 0.717) is 10.6 Å². The molecule has 1 aliphatic carbocycles. The Labute approximate surface area is 169 Å². The predicted molar refractivity (Wildman–Crippen MR) is 110 cm³/mol. The van der Waals surface area contributed by atoms with Crippen LogP contribution in [-0.4, -0.2) is 16.8 Å². The number of nitrogens with one attached hydrogen (secondary N) is 2. The lowest BCUT2D eigenvalue weighted by atomic mass is 10.1. The third kappa shape index (κ3) is 4.45. The van der Waals surface area contributed by atoms with Gasteiger partial charge in [-0.2, -0.15) is 11.3 Å². The summed E-state index contributed by atoms with van der Waals surface area (Å²) in [5.74, 6) is -0.526. The molecule has 0 unspecified atom stereocenters. The Morgan fingerprint density at radius 1 is 1.11 bits per heavy atom. The van der Waals surface area contributed by atoms with Crippen LogP contribution in [0.4, 0.5) is 0 Å². The summed E-state index contributed by atoms with van der Waals surface area (Å²) >= 11 is 4.68. The number of rotatable bonds is 4. The number of nitrogens with zero attached hydrogens (tertiary/aromatic N) is 1. The molecule has 27 heavy (non-hydrogen) atoms. The van der Waals surface area contributed by atoms with Crippen molar-refractivity contribution in [2.24, 2.45) is 0 Å². The Morgan fingerprint density at radius 3 is 2.85 bits per heavy atom. The molecule has 8 heteroatoms. The topological polar surface area (TPSA) is 71.1 Å². The Morgan fingerprint density at radius 2 is 2.00 bits per heavy atom.